The number of amides is 2. The first-order chi connectivity index (χ1) is 22.0. The lowest BCUT2D eigenvalue weighted by Gasteiger charge is -2.27. The highest BCUT2D eigenvalue weighted by Crippen LogP contribution is 2.48. The maximum Gasteiger partial charge on any atom is 0.303 e. The Morgan fingerprint density at radius 2 is 1.37 bits per heavy atom. The molecule has 1 fully saturated rings. The van der Waals surface area contributed by atoms with Crippen LogP contribution < -0.4 is 5.32 Å². The number of hydrogen-bond donors (Lipinski definition) is 2. The van der Waals surface area contributed by atoms with Crippen LogP contribution in [-0.2, 0) is 28.6 Å². The number of esters is 3. The van der Waals surface area contributed by atoms with Crippen molar-refractivity contribution in [1.82, 2.24) is 14.9 Å². The van der Waals surface area contributed by atoms with Gasteiger partial charge in [0.15, 0.2) is 12.2 Å². The summed E-state index contributed by atoms with van der Waals surface area (Å²) in [6.07, 6.45) is -1.98. The highest BCUT2D eigenvalue weighted by molar-refractivity contribution is 6.39. The van der Waals surface area contributed by atoms with Crippen LogP contribution in [0.5, 0.6) is 0 Å². The summed E-state index contributed by atoms with van der Waals surface area (Å²) < 4.78 is 18.8. The van der Waals surface area contributed by atoms with Crippen LogP contribution in [0.25, 0.3) is 43.6 Å². The fourth-order valence-corrected chi connectivity index (χ4v) is 7.09. The molecule has 0 spiro atoms. The molecule has 0 saturated heterocycles. The number of aromatic nitrogens is 2. The van der Waals surface area contributed by atoms with Crippen LogP contribution in [-0.4, -0.2) is 70.2 Å². The number of aromatic amines is 1. The summed E-state index contributed by atoms with van der Waals surface area (Å²) in [4.78, 5) is 90.8. The van der Waals surface area contributed by atoms with Crippen LogP contribution >= 0.6 is 0 Å². The number of benzene rings is 3. The summed E-state index contributed by atoms with van der Waals surface area (Å²) >= 11 is 0. The average molecular weight is 624 g/mol. The van der Waals surface area contributed by atoms with E-state index in [1.54, 1.807) is 36.4 Å². The van der Waals surface area contributed by atoms with Crippen molar-refractivity contribution in [3.63, 3.8) is 0 Å². The number of imide groups is 1. The van der Waals surface area contributed by atoms with E-state index in [1.807, 2.05) is 4.57 Å². The van der Waals surface area contributed by atoms with Gasteiger partial charge in [-0.3, -0.25) is 38.9 Å². The third kappa shape index (κ3) is 4.19. The van der Waals surface area contributed by atoms with Gasteiger partial charge < -0.3 is 23.8 Å². The second-order valence-electron chi connectivity index (χ2n) is 11.4. The molecule has 1 aliphatic carbocycles. The standard InChI is InChI=1S/C33H25N3O10/c1-13(39)44-23-10-22(30(45-14(2)40)31(23)46-15(3)41)36-21-7-5-17(12-38)9-19(21)25-27-26(32(42)35-33(27)43)24-18-8-16(11-37)4-6-20(18)34-28(24)29(25)36/h4-9,11-12,22-23,30-31,34H,10H2,1-3H3,(H,35,42,43)/t22?,23-,30-,31+/m0/s1. The number of nitrogens with one attached hydrogen (secondary N) is 2. The van der Waals surface area contributed by atoms with Crippen LogP contribution in [0, 0.1) is 0 Å². The molecule has 2 N–H and O–H groups in total. The SMILES string of the molecule is CC(=O)O[C@@H]1[C@@H](OC(C)=O)CC(n2c3ccc(C=O)cc3c3c4c(c5c6cc(C=O)ccc6[nH]c5c32)C(=O)NC4=O)[C@@H]1OC(C)=O. The van der Waals surface area contributed by atoms with Crippen LogP contribution in [0.3, 0.4) is 0 Å². The first-order valence-corrected chi connectivity index (χ1v) is 14.4. The Morgan fingerprint density at radius 3 is 2.00 bits per heavy atom. The van der Waals surface area contributed by atoms with Gasteiger partial charge in [-0.1, -0.05) is 0 Å². The average Bonchev–Trinajstić information content (AvgIpc) is 3.71. The highest BCUT2D eigenvalue weighted by atomic mass is 16.6. The summed E-state index contributed by atoms with van der Waals surface area (Å²) in [6, 6.07) is 8.93. The predicted molar refractivity (Wildman–Crippen MR) is 162 cm³/mol. The largest absolute Gasteiger partial charge is 0.458 e. The summed E-state index contributed by atoms with van der Waals surface area (Å²) in [7, 11) is 0. The van der Waals surface area contributed by atoms with Gasteiger partial charge in [0.1, 0.15) is 18.7 Å². The van der Waals surface area contributed by atoms with E-state index in [4.69, 9.17) is 14.2 Å². The predicted octanol–water partition coefficient (Wildman–Crippen LogP) is 3.68. The van der Waals surface area contributed by atoms with Crippen LogP contribution in [0.2, 0.25) is 0 Å². The van der Waals surface area contributed by atoms with Crippen molar-refractivity contribution in [2.24, 2.45) is 0 Å². The zero-order chi connectivity index (χ0) is 32.6. The lowest BCUT2D eigenvalue weighted by Crippen LogP contribution is -2.40. The third-order valence-electron chi connectivity index (χ3n) is 8.59. The van der Waals surface area contributed by atoms with Gasteiger partial charge in [-0.15, -0.1) is 0 Å². The molecule has 2 aromatic heterocycles. The molecule has 1 unspecified atom stereocenters. The number of ether oxygens (including phenoxy) is 3. The van der Waals surface area contributed by atoms with E-state index >= 15 is 0 Å². The Bertz CT molecular complexity index is 2240. The van der Waals surface area contributed by atoms with Gasteiger partial charge in [-0.05, 0) is 36.4 Å². The number of carbonyl (C=O) groups is 7. The minimum absolute atomic E-state index is 0.0308. The van der Waals surface area contributed by atoms with E-state index in [-0.39, 0.29) is 17.5 Å². The smallest absolute Gasteiger partial charge is 0.303 e. The minimum Gasteiger partial charge on any atom is -0.458 e. The Kier molecular flexibility index (Phi) is 6.51. The number of rotatable bonds is 6. The van der Waals surface area contributed by atoms with E-state index in [0.29, 0.717) is 67.3 Å². The molecule has 1 saturated carbocycles. The molecule has 3 heterocycles. The first kappa shape index (κ1) is 28.9. The van der Waals surface area contributed by atoms with Crippen molar-refractivity contribution < 1.29 is 47.8 Å². The van der Waals surface area contributed by atoms with Crippen molar-refractivity contribution in [3.8, 4) is 0 Å². The number of hydrogen-bond acceptors (Lipinski definition) is 10. The molecule has 13 heteroatoms. The molecular weight excluding hydrogens is 598 g/mol. The molecule has 1 aliphatic heterocycles. The molecule has 4 atom stereocenters. The molecule has 0 radical (unpaired) electrons. The number of H-pyrrole nitrogens is 1. The van der Waals surface area contributed by atoms with Gasteiger partial charge in [0, 0.05) is 70.9 Å². The van der Waals surface area contributed by atoms with E-state index < -0.39 is 54.1 Å². The number of carbonyl (C=O) groups excluding carboxylic acids is 7. The summed E-state index contributed by atoms with van der Waals surface area (Å²) in [5.41, 5.74) is 2.77. The molecule has 3 aromatic carbocycles. The van der Waals surface area contributed by atoms with Gasteiger partial charge in [0.05, 0.1) is 28.2 Å². The monoisotopic (exact) mass is 623 g/mol. The van der Waals surface area contributed by atoms with Crippen molar-refractivity contribution in [1.29, 1.82) is 0 Å². The summed E-state index contributed by atoms with van der Waals surface area (Å²) in [5, 5.41) is 4.11. The number of nitrogens with zero attached hydrogens (tertiary/aromatic N) is 1. The van der Waals surface area contributed by atoms with Crippen LogP contribution in [0.15, 0.2) is 36.4 Å². The Morgan fingerprint density at radius 1 is 0.783 bits per heavy atom. The molecule has 232 valence electrons. The lowest BCUT2D eigenvalue weighted by atomic mass is 9.96. The molecule has 5 aromatic rings. The molecule has 46 heavy (non-hydrogen) atoms. The number of aldehydes is 2. The van der Waals surface area contributed by atoms with Gasteiger partial charge in [-0.2, -0.15) is 0 Å². The van der Waals surface area contributed by atoms with Crippen molar-refractivity contribution in [3.05, 3.63) is 58.7 Å². The van der Waals surface area contributed by atoms with Crippen molar-refractivity contribution >= 4 is 85.9 Å². The van der Waals surface area contributed by atoms with Crippen LogP contribution in [0.1, 0.15) is 74.7 Å². The van der Waals surface area contributed by atoms with Crippen LogP contribution in [0.4, 0.5) is 0 Å². The lowest BCUT2D eigenvalue weighted by molar-refractivity contribution is -0.175. The molecule has 2 aliphatic rings. The highest BCUT2D eigenvalue weighted by Gasteiger charge is 2.51. The molecule has 13 nitrogen and oxygen atoms in total. The third-order valence-corrected chi connectivity index (χ3v) is 8.59. The van der Waals surface area contributed by atoms with Gasteiger partial charge in [0.2, 0.25) is 0 Å². The number of fused-ring (bicyclic) bond motifs is 10. The van der Waals surface area contributed by atoms with Crippen molar-refractivity contribution in [2.45, 2.75) is 51.5 Å². The van der Waals surface area contributed by atoms with E-state index in [2.05, 4.69) is 10.3 Å². The minimum atomic E-state index is -1.18. The zero-order valence-electron chi connectivity index (χ0n) is 24.7. The Balaban J connectivity index is 1.66. The Labute approximate surface area is 258 Å². The maximum absolute atomic E-state index is 13.5. The second kappa shape index (κ2) is 10.4. The fourth-order valence-electron chi connectivity index (χ4n) is 7.09. The van der Waals surface area contributed by atoms with E-state index in [1.165, 1.54) is 20.8 Å². The van der Waals surface area contributed by atoms with Gasteiger partial charge in [0.25, 0.3) is 11.8 Å². The zero-order valence-corrected chi connectivity index (χ0v) is 24.7. The quantitative estimate of drug-likeness (QED) is 0.123. The van der Waals surface area contributed by atoms with Gasteiger partial charge >= 0.3 is 17.9 Å². The Hall–Kier alpha value is -5.85. The first-order valence-electron chi connectivity index (χ1n) is 14.4. The molecule has 0 bridgehead atoms. The molecule has 2 amide bonds. The van der Waals surface area contributed by atoms with Gasteiger partial charge in [-0.25, -0.2) is 0 Å². The maximum atomic E-state index is 13.5. The van der Waals surface area contributed by atoms with E-state index in [0.717, 1.165) is 0 Å². The molecule has 7 rings (SSSR count). The molecular formula is C33H25N3O10. The van der Waals surface area contributed by atoms with Crippen molar-refractivity contribution in [2.75, 3.05) is 0 Å². The van der Waals surface area contributed by atoms with E-state index in [9.17, 15) is 33.6 Å². The summed E-state index contributed by atoms with van der Waals surface area (Å²) in [6.45, 7) is 3.60. The second-order valence-corrected chi connectivity index (χ2v) is 11.4. The topological polar surface area (TPSA) is 180 Å². The normalized spacial score (nSPS) is 20.7. The summed E-state index contributed by atoms with van der Waals surface area (Å²) in [5.74, 6) is -3.28. The fraction of sp³-hybridized carbons (Fsp3) is 0.242.